The van der Waals surface area contributed by atoms with Crippen molar-refractivity contribution in [1.29, 1.82) is 0 Å². The van der Waals surface area contributed by atoms with E-state index in [1.807, 2.05) is 0 Å². The predicted molar refractivity (Wildman–Crippen MR) is 104 cm³/mol. The molecule has 2 aromatic carbocycles. The Kier molecular flexibility index (Phi) is 5.68. The summed E-state index contributed by atoms with van der Waals surface area (Å²) in [6.45, 7) is -0.302. The zero-order valence-electron chi connectivity index (χ0n) is 14.3. The van der Waals surface area contributed by atoms with E-state index in [0.29, 0.717) is 5.69 Å². The van der Waals surface area contributed by atoms with Crippen molar-refractivity contribution in [3.63, 3.8) is 0 Å². The van der Waals surface area contributed by atoms with Crippen LogP contribution in [0.25, 0.3) is 5.69 Å². The molecule has 3 aromatic rings. The van der Waals surface area contributed by atoms with Gasteiger partial charge in [0.1, 0.15) is 12.7 Å². The maximum absolute atomic E-state index is 12.5. The van der Waals surface area contributed by atoms with Crippen molar-refractivity contribution in [3.05, 3.63) is 65.7 Å². The molecule has 0 atom stereocenters. The van der Waals surface area contributed by atoms with E-state index in [-0.39, 0.29) is 11.4 Å². The number of hydrogen-bond donors (Lipinski definition) is 1. The van der Waals surface area contributed by atoms with Gasteiger partial charge in [-0.15, -0.1) is 0 Å². The fourth-order valence-corrected chi connectivity index (χ4v) is 3.70. The largest absolute Gasteiger partial charge is 0.325 e. The van der Waals surface area contributed by atoms with Crippen LogP contribution in [-0.4, -0.2) is 47.0 Å². The van der Waals surface area contributed by atoms with Gasteiger partial charge in [0, 0.05) is 17.2 Å². The topological polar surface area (TPSA) is 97.2 Å². The molecule has 0 saturated carbocycles. The highest BCUT2D eigenvalue weighted by Crippen LogP contribution is 2.18. The molecule has 140 valence electrons. The lowest BCUT2D eigenvalue weighted by Crippen LogP contribution is -2.34. The lowest BCUT2D eigenvalue weighted by molar-refractivity contribution is -0.116. The molecule has 1 N–H and O–H groups in total. The molecule has 1 amide bonds. The van der Waals surface area contributed by atoms with Gasteiger partial charge >= 0.3 is 0 Å². The number of likely N-dealkylation sites (N-methyl/N-ethyl adjacent to an activating group) is 1. The minimum Gasteiger partial charge on any atom is -0.325 e. The van der Waals surface area contributed by atoms with Gasteiger partial charge in [0.25, 0.3) is 0 Å². The van der Waals surface area contributed by atoms with Gasteiger partial charge in [-0.25, -0.2) is 18.1 Å². The molecule has 0 aliphatic carbocycles. The molecule has 0 aliphatic rings. The number of rotatable bonds is 6. The first kappa shape index (κ1) is 19.2. The molecule has 1 heterocycles. The Morgan fingerprint density at radius 2 is 1.81 bits per heavy atom. The number of aromatic nitrogens is 3. The first-order valence-electron chi connectivity index (χ1n) is 7.83. The predicted octanol–water partition coefficient (Wildman–Crippen LogP) is 2.29. The highest BCUT2D eigenvalue weighted by atomic mass is 79.9. The monoisotopic (exact) mass is 449 g/mol. The van der Waals surface area contributed by atoms with Crippen molar-refractivity contribution in [2.24, 2.45) is 0 Å². The first-order chi connectivity index (χ1) is 12.9. The van der Waals surface area contributed by atoms with Crippen LogP contribution in [0.5, 0.6) is 0 Å². The highest BCUT2D eigenvalue weighted by Gasteiger charge is 2.22. The SMILES string of the molecule is CN(CC(=O)Nc1ccc(-n2cncn2)cc1)S(=O)(=O)c1ccc(Br)cc1. The summed E-state index contributed by atoms with van der Waals surface area (Å²) >= 11 is 3.26. The van der Waals surface area contributed by atoms with Gasteiger partial charge in [0.05, 0.1) is 17.1 Å². The minimum atomic E-state index is -3.75. The number of nitrogens with one attached hydrogen (secondary N) is 1. The maximum Gasteiger partial charge on any atom is 0.243 e. The Labute approximate surface area is 165 Å². The Morgan fingerprint density at radius 1 is 1.15 bits per heavy atom. The summed E-state index contributed by atoms with van der Waals surface area (Å²) in [7, 11) is -2.38. The summed E-state index contributed by atoms with van der Waals surface area (Å²) in [5.74, 6) is -0.438. The Morgan fingerprint density at radius 3 is 2.41 bits per heavy atom. The summed E-state index contributed by atoms with van der Waals surface area (Å²) in [5.41, 5.74) is 1.35. The summed E-state index contributed by atoms with van der Waals surface area (Å²) in [6.07, 6.45) is 2.99. The van der Waals surface area contributed by atoms with Crippen LogP contribution in [0.3, 0.4) is 0 Å². The molecule has 10 heteroatoms. The molecule has 0 bridgehead atoms. The molecular weight excluding hydrogens is 434 g/mol. The van der Waals surface area contributed by atoms with E-state index in [0.717, 1.165) is 14.5 Å². The summed E-state index contributed by atoms with van der Waals surface area (Å²) < 4.78 is 28.4. The van der Waals surface area contributed by atoms with Crippen LogP contribution in [0.2, 0.25) is 0 Å². The zero-order chi connectivity index (χ0) is 19.4. The third kappa shape index (κ3) is 4.59. The van der Waals surface area contributed by atoms with Crippen LogP contribution in [0.1, 0.15) is 0 Å². The average Bonchev–Trinajstić information content (AvgIpc) is 3.17. The lowest BCUT2D eigenvalue weighted by atomic mass is 10.3. The van der Waals surface area contributed by atoms with Crippen molar-refractivity contribution in [2.75, 3.05) is 18.9 Å². The molecule has 0 aliphatic heterocycles. The number of nitrogens with zero attached hydrogens (tertiary/aromatic N) is 4. The van der Waals surface area contributed by atoms with Crippen LogP contribution in [-0.2, 0) is 14.8 Å². The third-order valence-corrected chi connectivity index (χ3v) is 6.07. The van der Waals surface area contributed by atoms with Crippen LogP contribution in [0, 0.1) is 0 Å². The minimum absolute atomic E-state index is 0.123. The standard InChI is InChI=1S/C17H16BrN5O3S/c1-22(27(25,26)16-8-2-13(18)3-9-16)10-17(24)21-14-4-6-15(7-5-14)23-12-19-11-20-23/h2-9,11-12H,10H2,1H3,(H,21,24). The Balaban J connectivity index is 1.64. The molecule has 0 saturated heterocycles. The van der Waals surface area contributed by atoms with E-state index in [4.69, 9.17) is 0 Å². The summed E-state index contributed by atoms with van der Waals surface area (Å²) in [4.78, 5) is 16.2. The second-order valence-corrected chi connectivity index (χ2v) is 8.61. The molecule has 0 spiro atoms. The van der Waals surface area contributed by atoms with E-state index >= 15 is 0 Å². The molecule has 8 nitrogen and oxygen atoms in total. The number of sulfonamides is 1. The summed E-state index contributed by atoms with van der Waals surface area (Å²) in [6, 6.07) is 13.2. The van der Waals surface area contributed by atoms with Crippen molar-refractivity contribution in [1.82, 2.24) is 19.1 Å². The van der Waals surface area contributed by atoms with Crippen LogP contribution < -0.4 is 5.32 Å². The number of carbonyl (C=O) groups is 1. The first-order valence-corrected chi connectivity index (χ1v) is 10.1. The number of hydrogen-bond acceptors (Lipinski definition) is 5. The Bertz CT molecular complexity index is 1020. The second kappa shape index (κ2) is 7.99. The number of benzene rings is 2. The second-order valence-electron chi connectivity index (χ2n) is 5.65. The molecule has 27 heavy (non-hydrogen) atoms. The van der Waals surface area contributed by atoms with E-state index in [1.165, 1.54) is 25.5 Å². The smallest absolute Gasteiger partial charge is 0.243 e. The van der Waals surface area contributed by atoms with Crippen LogP contribution in [0.15, 0.2) is 70.6 Å². The molecular formula is C17H16BrN5O3S. The average molecular weight is 450 g/mol. The fourth-order valence-electron chi connectivity index (χ4n) is 2.31. The number of amides is 1. The molecule has 0 fully saturated rings. The number of carbonyl (C=O) groups excluding carboxylic acids is 1. The summed E-state index contributed by atoms with van der Waals surface area (Å²) in [5, 5.41) is 6.70. The number of halogens is 1. The highest BCUT2D eigenvalue weighted by molar-refractivity contribution is 9.10. The van der Waals surface area contributed by atoms with Crippen molar-refractivity contribution in [2.45, 2.75) is 4.90 Å². The molecule has 0 unspecified atom stereocenters. The quantitative estimate of drug-likeness (QED) is 0.622. The maximum atomic E-state index is 12.5. The molecule has 3 rings (SSSR count). The normalized spacial score (nSPS) is 11.5. The van der Waals surface area contributed by atoms with Gasteiger partial charge in [-0.05, 0) is 48.5 Å². The van der Waals surface area contributed by atoms with Crippen LogP contribution in [0.4, 0.5) is 5.69 Å². The van der Waals surface area contributed by atoms with E-state index < -0.39 is 15.9 Å². The van der Waals surface area contributed by atoms with Gasteiger partial charge in [-0.1, -0.05) is 15.9 Å². The zero-order valence-corrected chi connectivity index (χ0v) is 16.7. The van der Waals surface area contributed by atoms with Crippen molar-refractivity contribution < 1.29 is 13.2 Å². The van der Waals surface area contributed by atoms with Gasteiger partial charge in [0.2, 0.25) is 15.9 Å². The van der Waals surface area contributed by atoms with Crippen LogP contribution >= 0.6 is 15.9 Å². The van der Waals surface area contributed by atoms with Crippen molar-refractivity contribution in [3.8, 4) is 5.69 Å². The van der Waals surface area contributed by atoms with Gasteiger partial charge < -0.3 is 5.32 Å². The fraction of sp³-hybridized carbons (Fsp3) is 0.118. The molecule has 0 radical (unpaired) electrons. The van der Waals surface area contributed by atoms with E-state index in [2.05, 4.69) is 31.3 Å². The van der Waals surface area contributed by atoms with Gasteiger partial charge in [0.15, 0.2) is 0 Å². The van der Waals surface area contributed by atoms with E-state index in [1.54, 1.807) is 47.4 Å². The molecule has 1 aromatic heterocycles. The van der Waals surface area contributed by atoms with Gasteiger partial charge in [-0.2, -0.15) is 9.40 Å². The Hall–Kier alpha value is -2.56. The van der Waals surface area contributed by atoms with E-state index in [9.17, 15) is 13.2 Å². The number of anilines is 1. The van der Waals surface area contributed by atoms with Crippen molar-refractivity contribution >= 4 is 37.5 Å². The van der Waals surface area contributed by atoms with Gasteiger partial charge in [-0.3, -0.25) is 4.79 Å². The lowest BCUT2D eigenvalue weighted by Gasteiger charge is -2.17. The third-order valence-electron chi connectivity index (χ3n) is 3.72.